The smallest absolute Gasteiger partial charge is 0.119 e. The van der Waals surface area contributed by atoms with Gasteiger partial charge < -0.3 is 15.2 Å². The average molecular weight is 276 g/mol. The van der Waals surface area contributed by atoms with Crippen LogP contribution in [0.3, 0.4) is 0 Å². The lowest BCUT2D eigenvalue weighted by molar-refractivity contribution is 0.289. The van der Waals surface area contributed by atoms with Gasteiger partial charge in [-0.2, -0.15) is 5.26 Å². The molecule has 0 aliphatic rings. The summed E-state index contributed by atoms with van der Waals surface area (Å²) >= 11 is 0. The molecular formula is C16H24N2O2. The monoisotopic (exact) mass is 276 g/mol. The molecule has 1 unspecified atom stereocenters. The van der Waals surface area contributed by atoms with E-state index >= 15 is 0 Å². The Morgan fingerprint density at radius 1 is 1.10 bits per heavy atom. The van der Waals surface area contributed by atoms with E-state index in [2.05, 4.69) is 13.0 Å². The third kappa shape index (κ3) is 5.50. The molecule has 0 saturated carbocycles. The number of hydrogen-bond donors (Lipinski definition) is 1. The van der Waals surface area contributed by atoms with Crippen LogP contribution >= 0.6 is 0 Å². The van der Waals surface area contributed by atoms with Crippen LogP contribution in [0.5, 0.6) is 11.5 Å². The molecule has 0 saturated heterocycles. The maximum atomic E-state index is 8.97. The van der Waals surface area contributed by atoms with Gasteiger partial charge in [0.15, 0.2) is 0 Å². The van der Waals surface area contributed by atoms with E-state index in [-0.39, 0.29) is 0 Å². The molecule has 0 amide bonds. The molecule has 4 nitrogen and oxygen atoms in total. The van der Waals surface area contributed by atoms with Crippen molar-refractivity contribution in [2.75, 3.05) is 13.2 Å². The Morgan fingerprint density at radius 2 is 1.65 bits per heavy atom. The summed E-state index contributed by atoms with van der Waals surface area (Å²) in [7, 11) is 0. The standard InChI is InChI=1S/C16H24N2O2/c1-3-11-19-14-6-8-15(9-7-14)20-12-5-10-16(18,4-2)13-17/h6-9H,3-5,10-12,18H2,1-2H3. The van der Waals surface area contributed by atoms with Gasteiger partial charge in [-0.25, -0.2) is 0 Å². The number of nitrogens with two attached hydrogens (primary N) is 1. The van der Waals surface area contributed by atoms with Crippen LogP contribution in [-0.4, -0.2) is 18.8 Å². The molecule has 2 N–H and O–H groups in total. The molecule has 0 aliphatic heterocycles. The lowest BCUT2D eigenvalue weighted by atomic mass is 9.94. The van der Waals surface area contributed by atoms with E-state index < -0.39 is 5.54 Å². The fraction of sp³-hybridized carbons (Fsp3) is 0.562. The van der Waals surface area contributed by atoms with Crippen LogP contribution in [0.15, 0.2) is 24.3 Å². The summed E-state index contributed by atoms with van der Waals surface area (Å²) in [5.41, 5.74) is 5.19. The predicted molar refractivity (Wildman–Crippen MR) is 79.8 cm³/mol. The van der Waals surface area contributed by atoms with Crippen LogP contribution in [0.2, 0.25) is 0 Å². The normalized spacial score (nSPS) is 13.3. The molecular weight excluding hydrogens is 252 g/mol. The van der Waals surface area contributed by atoms with Crippen molar-refractivity contribution in [3.8, 4) is 17.6 Å². The molecule has 110 valence electrons. The number of rotatable bonds is 9. The van der Waals surface area contributed by atoms with Gasteiger partial charge in [0.25, 0.3) is 0 Å². The summed E-state index contributed by atoms with van der Waals surface area (Å²) in [6.07, 6.45) is 3.08. The van der Waals surface area contributed by atoms with E-state index in [1.54, 1.807) is 0 Å². The molecule has 0 aromatic heterocycles. The van der Waals surface area contributed by atoms with Gasteiger partial charge in [-0.3, -0.25) is 0 Å². The van der Waals surface area contributed by atoms with E-state index in [4.69, 9.17) is 20.5 Å². The van der Waals surface area contributed by atoms with E-state index in [0.717, 1.165) is 30.9 Å². The topological polar surface area (TPSA) is 68.3 Å². The van der Waals surface area contributed by atoms with Crippen molar-refractivity contribution in [2.45, 2.75) is 45.1 Å². The quantitative estimate of drug-likeness (QED) is 0.703. The summed E-state index contributed by atoms with van der Waals surface area (Å²) in [4.78, 5) is 0. The summed E-state index contributed by atoms with van der Waals surface area (Å²) in [5.74, 6) is 1.67. The molecule has 4 heteroatoms. The Morgan fingerprint density at radius 3 is 2.10 bits per heavy atom. The Balaban J connectivity index is 2.30. The minimum atomic E-state index is -0.721. The van der Waals surface area contributed by atoms with Gasteiger partial charge in [-0.1, -0.05) is 13.8 Å². The zero-order valence-corrected chi connectivity index (χ0v) is 12.4. The summed E-state index contributed by atoms with van der Waals surface area (Å²) in [6.45, 7) is 5.30. The lowest BCUT2D eigenvalue weighted by Gasteiger charge is -2.18. The third-order valence-electron chi connectivity index (χ3n) is 3.19. The Kier molecular flexibility index (Phi) is 6.89. The third-order valence-corrected chi connectivity index (χ3v) is 3.19. The molecule has 0 fully saturated rings. The van der Waals surface area contributed by atoms with Gasteiger partial charge in [-0.05, 0) is 49.9 Å². The second kappa shape index (κ2) is 8.44. The number of benzene rings is 1. The van der Waals surface area contributed by atoms with Crippen LogP contribution in [0.4, 0.5) is 0 Å². The number of hydrogen-bond acceptors (Lipinski definition) is 4. The van der Waals surface area contributed by atoms with Crippen LogP contribution in [0.1, 0.15) is 39.5 Å². The number of ether oxygens (including phenoxy) is 2. The zero-order chi connectivity index (χ0) is 14.8. The molecule has 20 heavy (non-hydrogen) atoms. The summed E-state index contributed by atoms with van der Waals surface area (Å²) in [6, 6.07) is 9.75. The van der Waals surface area contributed by atoms with Crippen LogP contribution in [-0.2, 0) is 0 Å². The minimum Gasteiger partial charge on any atom is -0.494 e. The Labute approximate surface area is 121 Å². The van der Waals surface area contributed by atoms with Crippen molar-refractivity contribution in [3.05, 3.63) is 24.3 Å². The van der Waals surface area contributed by atoms with Crippen molar-refractivity contribution in [1.82, 2.24) is 0 Å². The molecule has 0 spiro atoms. The van der Waals surface area contributed by atoms with E-state index in [1.807, 2.05) is 31.2 Å². The van der Waals surface area contributed by atoms with Crippen molar-refractivity contribution in [1.29, 1.82) is 5.26 Å². The highest BCUT2D eigenvalue weighted by Crippen LogP contribution is 2.19. The Hall–Kier alpha value is -1.73. The van der Waals surface area contributed by atoms with Crippen LogP contribution in [0, 0.1) is 11.3 Å². The van der Waals surface area contributed by atoms with Gasteiger partial charge in [0.05, 0.1) is 19.3 Å². The molecule has 1 aromatic rings. The van der Waals surface area contributed by atoms with Crippen LogP contribution in [0.25, 0.3) is 0 Å². The first-order valence-corrected chi connectivity index (χ1v) is 7.19. The minimum absolute atomic E-state index is 0.565. The average Bonchev–Trinajstić information content (AvgIpc) is 2.50. The van der Waals surface area contributed by atoms with E-state index in [0.29, 0.717) is 19.4 Å². The fourth-order valence-electron chi connectivity index (χ4n) is 1.74. The van der Waals surface area contributed by atoms with Crippen molar-refractivity contribution >= 4 is 0 Å². The summed E-state index contributed by atoms with van der Waals surface area (Å²) < 4.78 is 11.1. The van der Waals surface area contributed by atoms with Crippen molar-refractivity contribution in [2.24, 2.45) is 5.73 Å². The first-order valence-electron chi connectivity index (χ1n) is 7.19. The predicted octanol–water partition coefficient (Wildman–Crippen LogP) is 3.27. The van der Waals surface area contributed by atoms with Gasteiger partial charge in [-0.15, -0.1) is 0 Å². The molecule has 1 rings (SSSR count). The highest BCUT2D eigenvalue weighted by molar-refractivity contribution is 5.31. The van der Waals surface area contributed by atoms with Gasteiger partial charge >= 0.3 is 0 Å². The molecule has 1 atom stereocenters. The first-order chi connectivity index (χ1) is 9.63. The molecule has 0 radical (unpaired) electrons. The van der Waals surface area contributed by atoms with Gasteiger partial charge in [0.1, 0.15) is 17.0 Å². The fourth-order valence-corrected chi connectivity index (χ4v) is 1.74. The zero-order valence-electron chi connectivity index (χ0n) is 12.4. The summed E-state index contributed by atoms with van der Waals surface area (Å²) in [5, 5.41) is 8.97. The number of nitrogens with zero attached hydrogens (tertiary/aromatic N) is 1. The highest BCUT2D eigenvalue weighted by Gasteiger charge is 2.20. The van der Waals surface area contributed by atoms with Gasteiger partial charge in [0.2, 0.25) is 0 Å². The SMILES string of the molecule is CCCOc1ccc(OCCCC(N)(C#N)CC)cc1. The largest absolute Gasteiger partial charge is 0.494 e. The second-order valence-corrected chi connectivity index (χ2v) is 4.89. The maximum Gasteiger partial charge on any atom is 0.119 e. The van der Waals surface area contributed by atoms with Crippen molar-refractivity contribution in [3.63, 3.8) is 0 Å². The second-order valence-electron chi connectivity index (χ2n) is 4.89. The maximum absolute atomic E-state index is 8.97. The number of nitriles is 1. The molecule has 1 aromatic carbocycles. The van der Waals surface area contributed by atoms with Crippen molar-refractivity contribution < 1.29 is 9.47 Å². The highest BCUT2D eigenvalue weighted by atomic mass is 16.5. The molecule has 0 heterocycles. The lowest BCUT2D eigenvalue weighted by Crippen LogP contribution is -2.37. The van der Waals surface area contributed by atoms with E-state index in [1.165, 1.54) is 0 Å². The Bertz CT molecular complexity index is 425. The first kappa shape index (κ1) is 16.3. The van der Waals surface area contributed by atoms with E-state index in [9.17, 15) is 0 Å². The molecule has 0 bridgehead atoms. The van der Waals surface area contributed by atoms with Gasteiger partial charge in [0, 0.05) is 0 Å². The molecule has 0 aliphatic carbocycles. The van der Waals surface area contributed by atoms with Crippen LogP contribution < -0.4 is 15.2 Å².